The smallest absolute Gasteiger partial charge is 0.371 e. The van der Waals surface area contributed by atoms with Crippen LogP contribution in [-0.2, 0) is 12.8 Å². The summed E-state index contributed by atoms with van der Waals surface area (Å²) in [6.07, 6.45) is 1.83. The monoisotopic (exact) mass is 385 g/mol. The second-order valence-corrected chi connectivity index (χ2v) is 6.55. The van der Waals surface area contributed by atoms with E-state index >= 15 is 0 Å². The van der Waals surface area contributed by atoms with E-state index in [2.05, 4.69) is 4.98 Å². The van der Waals surface area contributed by atoms with Gasteiger partial charge in [-0.25, -0.2) is 9.59 Å². The molecule has 0 atom stereocenters. The second kappa shape index (κ2) is 7.30. The number of fused-ring (bicyclic) bond motifs is 2. The van der Waals surface area contributed by atoms with Gasteiger partial charge in [-0.15, -0.1) is 0 Å². The van der Waals surface area contributed by atoms with Crippen LogP contribution >= 0.6 is 0 Å². The number of aromatic carboxylic acids is 2. The lowest BCUT2D eigenvalue weighted by Gasteiger charge is -2.13. The number of aromatic nitrogens is 1. The van der Waals surface area contributed by atoms with Crippen molar-refractivity contribution in [3.8, 4) is 0 Å². The Morgan fingerprint density at radius 2 is 1.61 bits per heavy atom. The molecule has 0 amide bonds. The molecule has 0 aliphatic heterocycles. The van der Waals surface area contributed by atoms with E-state index in [1.54, 1.807) is 0 Å². The van der Waals surface area contributed by atoms with Crippen molar-refractivity contribution in [1.29, 1.82) is 0 Å². The molecule has 0 bridgehead atoms. The maximum atomic E-state index is 13.0. The summed E-state index contributed by atoms with van der Waals surface area (Å²) >= 11 is 0. The minimum absolute atomic E-state index is 0.0504. The molecule has 146 valence electrons. The summed E-state index contributed by atoms with van der Waals surface area (Å²) in [6.45, 7) is 3.70. The van der Waals surface area contributed by atoms with Crippen molar-refractivity contribution in [3.05, 3.63) is 55.2 Å². The van der Waals surface area contributed by atoms with Gasteiger partial charge in [-0.1, -0.05) is 26.7 Å². The first-order chi connectivity index (χ1) is 13.3. The topological polar surface area (TPSA) is 138 Å². The molecule has 0 aliphatic carbocycles. The zero-order chi connectivity index (χ0) is 20.6. The largest absolute Gasteiger partial charge is 0.477 e. The first-order valence-electron chi connectivity index (χ1n) is 8.95. The Labute approximate surface area is 158 Å². The third-order valence-corrected chi connectivity index (χ3v) is 4.61. The van der Waals surface area contributed by atoms with Crippen LogP contribution in [0.1, 0.15) is 58.9 Å². The van der Waals surface area contributed by atoms with Crippen LogP contribution < -0.4 is 10.9 Å². The van der Waals surface area contributed by atoms with Gasteiger partial charge in [0.15, 0.2) is 10.9 Å². The number of hydrogen-bond donors (Lipinski definition) is 3. The number of rotatable bonds is 6. The van der Waals surface area contributed by atoms with Crippen LogP contribution in [0.2, 0.25) is 0 Å². The van der Waals surface area contributed by atoms with E-state index in [1.165, 1.54) is 6.07 Å². The molecule has 28 heavy (non-hydrogen) atoms. The van der Waals surface area contributed by atoms with Crippen molar-refractivity contribution >= 4 is 33.8 Å². The molecule has 3 rings (SSSR count). The quantitative estimate of drug-likeness (QED) is 0.555. The first kappa shape index (κ1) is 19.3. The highest BCUT2D eigenvalue weighted by molar-refractivity contribution is 6.01. The molecule has 0 fully saturated rings. The van der Waals surface area contributed by atoms with Crippen molar-refractivity contribution in [3.63, 3.8) is 0 Å². The van der Waals surface area contributed by atoms with Crippen molar-refractivity contribution < 1.29 is 24.2 Å². The summed E-state index contributed by atoms with van der Waals surface area (Å²) in [5, 5.41) is 19.0. The van der Waals surface area contributed by atoms with Crippen LogP contribution in [0.15, 0.2) is 26.1 Å². The molecule has 0 saturated carbocycles. The molecule has 1 aromatic carbocycles. The number of carboxylic acid groups (broad SMARTS) is 2. The van der Waals surface area contributed by atoms with E-state index in [-0.39, 0.29) is 39.6 Å². The summed E-state index contributed by atoms with van der Waals surface area (Å²) in [5.74, 6) is -3.16. The predicted octanol–water partition coefficient (Wildman–Crippen LogP) is 2.94. The van der Waals surface area contributed by atoms with Crippen LogP contribution in [-0.4, -0.2) is 27.1 Å². The van der Waals surface area contributed by atoms with Crippen molar-refractivity contribution in [1.82, 2.24) is 4.98 Å². The standard InChI is InChI=1S/C20H19NO7/c1-3-5-9-16(20(26)27)21-15-10(6-4-2)18-11(7-12(15)17(9)23)13(22)8-14(28-18)19(24)25/h7-8H,3-6H2,1-2H3,(H,21,23)(H,24,25)(H,26,27). The van der Waals surface area contributed by atoms with E-state index in [4.69, 9.17) is 4.42 Å². The number of H-pyrrole nitrogens is 1. The first-order valence-corrected chi connectivity index (χ1v) is 8.95. The van der Waals surface area contributed by atoms with E-state index < -0.39 is 28.6 Å². The predicted molar refractivity (Wildman–Crippen MR) is 103 cm³/mol. The van der Waals surface area contributed by atoms with Gasteiger partial charge in [0.25, 0.3) is 0 Å². The SMILES string of the molecule is CCCc1c(C(=O)O)[nH]c2c(CCC)c3oc(C(=O)O)cc(=O)c3cc2c1=O. The van der Waals surface area contributed by atoms with Crippen molar-refractivity contribution in [2.24, 2.45) is 0 Å². The Kier molecular flexibility index (Phi) is 5.04. The van der Waals surface area contributed by atoms with E-state index in [0.29, 0.717) is 24.8 Å². The third-order valence-electron chi connectivity index (χ3n) is 4.61. The minimum atomic E-state index is -1.39. The average molecular weight is 385 g/mol. The van der Waals surface area contributed by atoms with Crippen molar-refractivity contribution in [2.75, 3.05) is 0 Å². The summed E-state index contributed by atoms with van der Waals surface area (Å²) < 4.78 is 5.44. The molecular formula is C20H19NO7. The Hall–Kier alpha value is -3.42. The fraction of sp³-hybridized carbons (Fsp3) is 0.300. The molecule has 3 N–H and O–H groups in total. The molecule has 0 aliphatic rings. The van der Waals surface area contributed by atoms with Crippen LogP contribution in [0.25, 0.3) is 21.9 Å². The Morgan fingerprint density at radius 3 is 2.18 bits per heavy atom. The maximum Gasteiger partial charge on any atom is 0.371 e. The number of carboxylic acids is 2. The third kappa shape index (κ3) is 3.06. The molecule has 0 saturated heterocycles. The highest BCUT2D eigenvalue weighted by Crippen LogP contribution is 2.27. The van der Waals surface area contributed by atoms with Gasteiger partial charge >= 0.3 is 11.9 Å². The summed E-state index contributed by atoms with van der Waals surface area (Å²) in [7, 11) is 0. The molecule has 8 nitrogen and oxygen atoms in total. The van der Waals surface area contributed by atoms with Crippen LogP contribution in [0.4, 0.5) is 0 Å². The Balaban J connectivity index is 2.58. The van der Waals surface area contributed by atoms with Gasteiger partial charge in [0.1, 0.15) is 11.3 Å². The zero-order valence-corrected chi connectivity index (χ0v) is 15.4. The molecule has 3 aromatic rings. The molecular weight excluding hydrogens is 366 g/mol. The van der Waals surface area contributed by atoms with E-state index in [9.17, 15) is 29.4 Å². The zero-order valence-electron chi connectivity index (χ0n) is 15.4. The number of aromatic amines is 1. The van der Waals surface area contributed by atoms with Gasteiger partial charge in [0, 0.05) is 22.6 Å². The Bertz CT molecular complexity index is 1230. The molecule has 8 heteroatoms. The highest BCUT2D eigenvalue weighted by atomic mass is 16.4. The molecule has 2 heterocycles. The van der Waals surface area contributed by atoms with Crippen LogP contribution in [0.3, 0.4) is 0 Å². The summed E-state index contributed by atoms with van der Waals surface area (Å²) in [4.78, 5) is 51.3. The maximum absolute atomic E-state index is 13.0. The summed E-state index contributed by atoms with van der Waals surface area (Å²) in [6, 6.07) is 2.23. The second-order valence-electron chi connectivity index (χ2n) is 6.55. The molecule has 0 radical (unpaired) electrons. The molecule has 2 aromatic heterocycles. The van der Waals surface area contributed by atoms with E-state index in [0.717, 1.165) is 6.07 Å². The number of pyridine rings is 1. The lowest BCUT2D eigenvalue weighted by atomic mass is 9.97. The fourth-order valence-corrected chi connectivity index (χ4v) is 3.42. The number of carbonyl (C=O) groups is 2. The fourth-order valence-electron chi connectivity index (χ4n) is 3.42. The molecule has 0 unspecified atom stereocenters. The van der Waals surface area contributed by atoms with Crippen molar-refractivity contribution in [2.45, 2.75) is 39.5 Å². The minimum Gasteiger partial charge on any atom is -0.477 e. The van der Waals surface area contributed by atoms with Crippen LogP contribution in [0.5, 0.6) is 0 Å². The molecule has 0 spiro atoms. The lowest BCUT2D eigenvalue weighted by molar-refractivity contribution is 0.0659. The Morgan fingerprint density at radius 1 is 0.964 bits per heavy atom. The normalized spacial score (nSPS) is 11.2. The van der Waals surface area contributed by atoms with Gasteiger partial charge in [0.05, 0.1) is 10.9 Å². The number of benzene rings is 1. The van der Waals surface area contributed by atoms with E-state index in [1.807, 2.05) is 13.8 Å². The summed E-state index contributed by atoms with van der Waals surface area (Å²) in [5.41, 5.74) is -0.358. The van der Waals surface area contributed by atoms with Gasteiger partial charge in [0.2, 0.25) is 5.76 Å². The average Bonchev–Trinajstić information content (AvgIpc) is 2.64. The number of hydrogen-bond acceptors (Lipinski definition) is 5. The number of aryl methyl sites for hydroxylation is 1. The van der Waals surface area contributed by atoms with Gasteiger partial charge in [-0.05, 0) is 18.9 Å². The van der Waals surface area contributed by atoms with Gasteiger partial charge in [-0.2, -0.15) is 0 Å². The van der Waals surface area contributed by atoms with Gasteiger partial charge in [-0.3, -0.25) is 9.59 Å². The van der Waals surface area contributed by atoms with Crippen LogP contribution in [0, 0.1) is 0 Å². The number of nitrogens with one attached hydrogen (secondary N) is 1. The van der Waals surface area contributed by atoms with Gasteiger partial charge < -0.3 is 19.6 Å². The highest BCUT2D eigenvalue weighted by Gasteiger charge is 2.22. The lowest BCUT2D eigenvalue weighted by Crippen LogP contribution is -2.19.